The predicted molar refractivity (Wildman–Crippen MR) is 279 cm³/mol. The maximum Gasteiger partial charge on any atom is 0.164 e. The van der Waals surface area contributed by atoms with Crippen molar-refractivity contribution in [3.63, 3.8) is 0 Å². The van der Waals surface area contributed by atoms with Gasteiger partial charge in [0.1, 0.15) is 11.2 Å². The van der Waals surface area contributed by atoms with Crippen molar-refractivity contribution in [2.75, 3.05) is 0 Å². The van der Waals surface area contributed by atoms with E-state index < -0.39 is 0 Å². The van der Waals surface area contributed by atoms with E-state index in [0.717, 1.165) is 99.9 Å². The first-order valence-corrected chi connectivity index (χ1v) is 22.9. The van der Waals surface area contributed by atoms with Crippen LogP contribution in [0.3, 0.4) is 0 Å². The Morgan fingerprint density at radius 2 is 0.794 bits per heavy atom. The van der Waals surface area contributed by atoms with Crippen LogP contribution >= 0.6 is 0 Å². The molecular formula is C63H40N4O. The largest absolute Gasteiger partial charge is 0.456 e. The molecule has 68 heavy (non-hydrogen) atoms. The molecule has 13 aromatic rings. The number of benzene rings is 10. The molecule has 0 saturated carbocycles. The minimum atomic E-state index is 0.578. The Labute approximate surface area is 392 Å². The fourth-order valence-corrected chi connectivity index (χ4v) is 9.87. The number of aromatic nitrogens is 4. The predicted octanol–water partition coefficient (Wildman–Crippen LogP) is 16.5. The van der Waals surface area contributed by atoms with Gasteiger partial charge in [-0.05, 0) is 99.1 Å². The molecule has 0 atom stereocenters. The van der Waals surface area contributed by atoms with E-state index in [0.29, 0.717) is 17.5 Å². The Morgan fingerprint density at radius 1 is 0.294 bits per heavy atom. The summed E-state index contributed by atoms with van der Waals surface area (Å²) < 4.78 is 9.24. The molecule has 3 aromatic heterocycles. The summed E-state index contributed by atoms with van der Waals surface area (Å²) in [6, 6.07) is 85.2. The van der Waals surface area contributed by atoms with E-state index in [-0.39, 0.29) is 0 Å². The molecule has 0 aliphatic carbocycles. The smallest absolute Gasteiger partial charge is 0.164 e. The zero-order valence-corrected chi connectivity index (χ0v) is 36.8. The Hall–Kier alpha value is -9.19. The molecule has 0 N–H and O–H groups in total. The maximum absolute atomic E-state index is 6.87. The molecular weight excluding hydrogens is 829 g/mol. The van der Waals surface area contributed by atoms with Gasteiger partial charge in [-0.25, -0.2) is 15.0 Å². The van der Waals surface area contributed by atoms with Crippen LogP contribution in [-0.4, -0.2) is 19.5 Å². The molecule has 0 fully saturated rings. The van der Waals surface area contributed by atoms with Crippen molar-refractivity contribution in [1.29, 1.82) is 0 Å². The molecule has 0 aliphatic heterocycles. The molecule has 0 unspecified atom stereocenters. The molecule has 0 saturated heterocycles. The topological polar surface area (TPSA) is 56.7 Å². The summed E-state index contributed by atoms with van der Waals surface area (Å²) in [6.07, 6.45) is 0. The van der Waals surface area contributed by atoms with E-state index in [1.54, 1.807) is 0 Å². The number of hydrogen-bond acceptors (Lipinski definition) is 4. The maximum atomic E-state index is 6.87. The third-order valence-corrected chi connectivity index (χ3v) is 13.1. The van der Waals surface area contributed by atoms with E-state index in [9.17, 15) is 0 Å². The van der Waals surface area contributed by atoms with Crippen molar-refractivity contribution in [3.05, 3.63) is 243 Å². The molecule has 0 spiro atoms. The van der Waals surface area contributed by atoms with Gasteiger partial charge in [-0.2, -0.15) is 0 Å². The zero-order valence-electron chi connectivity index (χ0n) is 36.8. The first-order valence-electron chi connectivity index (χ1n) is 22.9. The van der Waals surface area contributed by atoms with Crippen molar-refractivity contribution in [3.8, 4) is 84.4 Å². The molecule has 0 aliphatic rings. The van der Waals surface area contributed by atoms with Gasteiger partial charge in [-0.3, -0.25) is 0 Å². The lowest BCUT2D eigenvalue weighted by atomic mass is 9.88. The van der Waals surface area contributed by atoms with Crippen molar-refractivity contribution in [2.45, 2.75) is 0 Å². The Morgan fingerprint density at radius 3 is 1.47 bits per heavy atom. The minimum Gasteiger partial charge on any atom is -0.456 e. The Balaban J connectivity index is 1.06. The number of para-hydroxylation sites is 2. The average Bonchev–Trinajstić information content (AvgIpc) is 3.97. The second-order valence-electron chi connectivity index (χ2n) is 17.1. The molecule has 10 aromatic carbocycles. The number of rotatable bonds is 8. The lowest BCUT2D eigenvalue weighted by molar-refractivity contribution is 0.669. The number of nitrogens with zero attached hydrogens (tertiary/aromatic N) is 4. The van der Waals surface area contributed by atoms with Crippen molar-refractivity contribution in [2.24, 2.45) is 0 Å². The highest BCUT2D eigenvalue weighted by atomic mass is 16.3. The van der Waals surface area contributed by atoms with E-state index in [1.165, 1.54) is 10.8 Å². The second-order valence-corrected chi connectivity index (χ2v) is 17.1. The van der Waals surface area contributed by atoms with Crippen LogP contribution in [0.4, 0.5) is 0 Å². The lowest BCUT2D eigenvalue weighted by Gasteiger charge is -2.17. The van der Waals surface area contributed by atoms with Gasteiger partial charge >= 0.3 is 0 Å². The summed E-state index contributed by atoms with van der Waals surface area (Å²) in [7, 11) is 0. The van der Waals surface area contributed by atoms with Crippen LogP contribution in [-0.2, 0) is 0 Å². The monoisotopic (exact) mass is 868 g/mol. The van der Waals surface area contributed by atoms with Gasteiger partial charge in [0.15, 0.2) is 17.5 Å². The minimum absolute atomic E-state index is 0.578. The van der Waals surface area contributed by atoms with Gasteiger partial charge < -0.3 is 8.98 Å². The summed E-state index contributed by atoms with van der Waals surface area (Å²) in [5.41, 5.74) is 16.4. The summed E-state index contributed by atoms with van der Waals surface area (Å²) in [5.74, 6) is 1.79. The quantitative estimate of drug-likeness (QED) is 0.153. The standard InChI is InChI=1S/C63H40N4O/c1-6-18-41(19-7-1)45-30-33-49(42-20-8-2-9-21-42)54(38-45)46-31-34-50(55(39-46)63-65-61(43-22-10-3-11-23-43)64-62(66-63)44-24-12-4-13-25-44)47-32-35-53-58(40-47)68-57-37-36-52-51-28-16-17-29-56(51)67(60(52)59(53)57)48-26-14-5-15-27-48/h1-40H. The number of fused-ring (bicyclic) bond motifs is 7. The fraction of sp³-hybridized carbons (Fsp3) is 0. The normalized spacial score (nSPS) is 11.5. The first kappa shape index (κ1) is 39.2. The molecule has 318 valence electrons. The summed E-state index contributed by atoms with van der Waals surface area (Å²) in [6.45, 7) is 0. The van der Waals surface area contributed by atoms with E-state index in [4.69, 9.17) is 19.4 Å². The first-order chi connectivity index (χ1) is 33.7. The van der Waals surface area contributed by atoms with E-state index in [1.807, 2.05) is 36.4 Å². The fourth-order valence-electron chi connectivity index (χ4n) is 9.87. The lowest BCUT2D eigenvalue weighted by Crippen LogP contribution is -2.01. The van der Waals surface area contributed by atoms with Crippen LogP contribution < -0.4 is 0 Å². The third-order valence-electron chi connectivity index (χ3n) is 13.1. The molecule has 13 rings (SSSR count). The Bertz CT molecular complexity index is 3940. The molecule has 3 heterocycles. The molecule has 5 nitrogen and oxygen atoms in total. The average molecular weight is 869 g/mol. The van der Waals surface area contributed by atoms with Crippen LogP contribution in [0.15, 0.2) is 247 Å². The highest BCUT2D eigenvalue weighted by Crippen LogP contribution is 2.44. The van der Waals surface area contributed by atoms with Gasteiger partial charge in [-0.15, -0.1) is 0 Å². The van der Waals surface area contributed by atoms with Crippen LogP contribution in [0.25, 0.3) is 128 Å². The van der Waals surface area contributed by atoms with E-state index >= 15 is 0 Å². The summed E-state index contributed by atoms with van der Waals surface area (Å²) in [4.78, 5) is 15.7. The van der Waals surface area contributed by atoms with Crippen LogP contribution in [0.5, 0.6) is 0 Å². The molecule has 0 bridgehead atoms. The zero-order chi connectivity index (χ0) is 45.0. The van der Waals surface area contributed by atoms with Crippen LogP contribution in [0.2, 0.25) is 0 Å². The van der Waals surface area contributed by atoms with Gasteiger partial charge in [0.25, 0.3) is 0 Å². The summed E-state index contributed by atoms with van der Waals surface area (Å²) >= 11 is 0. The van der Waals surface area contributed by atoms with Gasteiger partial charge in [-0.1, -0.05) is 188 Å². The van der Waals surface area contributed by atoms with Crippen molar-refractivity contribution in [1.82, 2.24) is 19.5 Å². The van der Waals surface area contributed by atoms with Gasteiger partial charge in [0.05, 0.1) is 16.4 Å². The van der Waals surface area contributed by atoms with Crippen LogP contribution in [0, 0.1) is 0 Å². The third kappa shape index (κ3) is 6.76. The number of hydrogen-bond donors (Lipinski definition) is 0. The Kier molecular flexibility index (Phi) is 9.43. The van der Waals surface area contributed by atoms with E-state index in [2.05, 4.69) is 211 Å². The SMILES string of the molecule is c1ccc(-c2ccc(-c3ccccc3)c(-c3ccc(-c4ccc5c(c4)oc4ccc6c7ccccc7n(-c7ccccc7)c6c45)c(-c4nc(-c5ccccc5)nc(-c5ccccc5)n4)c3)c2)cc1. The summed E-state index contributed by atoms with van der Waals surface area (Å²) in [5, 5.41) is 4.53. The van der Waals surface area contributed by atoms with Crippen molar-refractivity contribution < 1.29 is 4.42 Å². The van der Waals surface area contributed by atoms with Gasteiger partial charge in [0, 0.05) is 38.5 Å². The van der Waals surface area contributed by atoms with Gasteiger partial charge in [0.2, 0.25) is 0 Å². The highest BCUT2D eigenvalue weighted by Gasteiger charge is 2.22. The van der Waals surface area contributed by atoms with Crippen molar-refractivity contribution >= 4 is 43.7 Å². The van der Waals surface area contributed by atoms with Crippen LogP contribution in [0.1, 0.15) is 0 Å². The molecule has 0 radical (unpaired) electrons. The number of furan rings is 1. The molecule has 0 amide bonds. The molecule has 5 heteroatoms. The highest BCUT2D eigenvalue weighted by molar-refractivity contribution is 6.24. The second kappa shape index (κ2) is 16.4.